The van der Waals surface area contributed by atoms with Gasteiger partial charge in [0.15, 0.2) is 0 Å². The van der Waals surface area contributed by atoms with E-state index in [2.05, 4.69) is 5.32 Å². The number of carboxylic acid groups (broad SMARTS) is 1. The van der Waals surface area contributed by atoms with Crippen LogP contribution in [0.4, 0.5) is 17.6 Å². The fourth-order valence-electron chi connectivity index (χ4n) is 2.87. The Hall–Kier alpha value is -2.16. The predicted molar refractivity (Wildman–Crippen MR) is 80.0 cm³/mol. The summed E-state index contributed by atoms with van der Waals surface area (Å²) in [6.07, 6.45) is -4.65. The summed E-state index contributed by atoms with van der Waals surface area (Å²) >= 11 is 0. The van der Waals surface area contributed by atoms with E-state index in [0.29, 0.717) is 0 Å². The second-order valence-electron chi connectivity index (χ2n) is 6.03. The summed E-state index contributed by atoms with van der Waals surface area (Å²) in [5.74, 6) is -6.26. The van der Waals surface area contributed by atoms with Crippen molar-refractivity contribution in [3.05, 3.63) is 35.6 Å². The van der Waals surface area contributed by atoms with E-state index >= 15 is 0 Å². The standard InChI is InChI=1S/C16H18F4N2O3/c1-9(14(23)21-6-10-4-2-3-5-13(10)17)22-7-11(15(24)25)12(8-22)16(18,19)20/h2-5,9,11-12H,6-8H2,1H3,(H,21,23)(H,24,25)/t9?,11-,12-/m1/s1. The Morgan fingerprint density at radius 3 is 2.48 bits per heavy atom. The molecule has 25 heavy (non-hydrogen) atoms. The molecule has 0 radical (unpaired) electrons. The monoisotopic (exact) mass is 362 g/mol. The summed E-state index contributed by atoms with van der Waals surface area (Å²) in [5, 5.41) is 11.5. The molecule has 1 unspecified atom stereocenters. The molecule has 1 aliphatic rings. The number of likely N-dealkylation sites (tertiary alicyclic amines) is 1. The number of rotatable bonds is 5. The van der Waals surface area contributed by atoms with Gasteiger partial charge in [0.25, 0.3) is 0 Å². The first kappa shape index (κ1) is 19.2. The van der Waals surface area contributed by atoms with Gasteiger partial charge < -0.3 is 10.4 Å². The fourth-order valence-corrected chi connectivity index (χ4v) is 2.87. The summed E-state index contributed by atoms with van der Waals surface area (Å²) in [7, 11) is 0. The number of nitrogens with zero attached hydrogens (tertiary/aromatic N) is 1. The van der Waals surface area contributed by atoms with Crippen LogP contribution in [-0.2, 0) is 16.1 Å². The lowest BCUT2D eigenvalue weighted by Gasteiger charge is -2.23. The lowest BCUT2D eigenvalue weighted by atomic mass is 9.96. The second kappa shape index (κ2) is 7.38. The molecular formula is C16H18F4N2O3. The van der Waals surface area contributed by atoms with Crippen LogP contribution in [0, 0.1) is 17.7 Å². The summed E-state index contributed by atoms with van der Waals surface area (Å²) in [6, 6.07) is 4.85. The van der Waals surface area contributed by atoms with Crippen LogP contribution in [0.2, 0.25) is 0 Å². The molecule has 5 nitrogen and oxygen atoms in total. The Morgan fingerprint density at radius 1 is 1.32 bits per heavy atom. The Kier molecular flexibility index (Phi) is 5.66. The van der Waals surface area contributed by atoms with Crippen molar-refractivity contribution in [2.45, 2.75) is 25.7 Å². The second-order valence-corrected chi connectivity index (χ2v) is 6.03. The molecule has 0 aliphatic carbocycles. The van der Waals surface area contributed by atoms with Crippen LogP contribution in [0.3, 0.4) is 0 Å². The molecule has 1 saturated heterocycles. The predicted octanol–water partition coefficient (Wildman–Crippen LogP) is 2.03. The van der Waals surface area contributed by atoms with Crippen molar-refractivity contribution in [1.82, 2.24) is 10.2 Å². The highest BCUT2D eigenvalue weighted by Crippen LogP contribution is 2.38. The van der Waals surface area contributed by atoms with Crippen molar-refractivity contribution in [2.75, 3.05) is 13.1 Å². The smallest absolute Gasteiger partial charge is 0.393 e. The van der Waals surface area contributed by atoms with Gasteiger partial charge >= 0.3 is 12.1 Å². The van der Waals surface area contributed by atoms with E-state index in [0.717, 1.165) is 0 Å². The van der Waals surface area contributed by atoms with E-state index in [1.165, 1.54) is 30.0 Å². The number of benzene rings is 1. The molecule has 1 heterocycles. The van der Waals surface area contributed by atoms with Crippen molar-refractivity contribution in [1.29, 1.82) is 0 Å². The van der Waals surface area contributed by atoms with Gasteiger partial charge in [0.05, 0.1) is 17.9 Å². The zero-order chi connectivity index (χ0) is 18.8. The number of hydrogen-bond acceptors (Lipinski definition) is 3. The molecule has 1 amide bonds. The molecule has 2 N–H and O–H groups in total. The first-order valence-corrected chi connectivity index (χ1v) is 7.66. The molecule has 1 aliphatic heterocycles. The number of hydrogen-bond donors (Lipinski definition) is 2. The molecule has 9 heteroatoms. The Bertz CT molecular complexity index is 651. The third-order valence-electron chi connectivity index (χ3n) is 4.42. The van der Waals surface area contributed by atoms with Crippen LogP contribution in [0.1, 0.15) is 12.5 Å². The van der Waals surface area contributed by atoms with E-state index in [4.69, 9.17) is 5.11 Å². The number of carbonyl (C=O) groups excluding carboxylic acids is 1. The molecule has 0 saturated carbocycles. The molecular weight excluding hydrogens is 344 g/mol. The molecule has 0 bridgehead atoms. The van der Waals surface area contributed by atoms with Gasteiger partial charge in [0.1, 0.15) is 5.82 Å². The third-order valence-corrected chi connectivity index (χ3v) is 4.42. The van der Waals surface area contributed by atoms with E-state index in [9.17, 15) is 27.2 Å². The van der Waals surface area contributed by atoms with E-state index in [1.54, 1.807) is 6.07 Å². The van der Waals surface area contributed by atoms with Crippen LogP contribution < -0.4 is 5.32 Å². The van der Waals surface area contributed by atoms with Crippen LogP contribution in [0.5, 0.6) is 0 Å². The molecule has 3 atom stereocenters. The van der Waals surface area contributed by atoms with Gasteiger partial charge in [-0.3, -0.25) is 14.5 Å². The highest BCUT2D eigenvalue weighted by atomic mass is 19.4. The average molecular weight is 362 g/mol. The van der Waals surface area contributed by atoms with E-state index in [-0.39, 0.29) is 18.7 Å². The lowest BCUT2D eigenvalue weighted by Crippen LogP contribution is -2.44. The third kappa shape index (κ3) is 4.47. The Morgan fingerprint density at radius 2 is 1.96 bits per heavy atom. The van der Waals surface area contributed by atoms with Crippen molar-refractivity contribution >= 4 is 11.9 Å². The zero-order valence-corrected chi connectivity index (χ0v) is 13.4. The van der Waals surface area contributed by atoms with Gasteiger partial charge in [-0.15, -0.1) is 0 Å². The largest absolute Gasteiger partial charge is 0.481 e. The molecule has 0 aromatic heterocycles. The maximum absolute atomic E-state index is 13.5. The van der Waals surface area contributed by atoms with Crippen molar-refractivity contribution < 1.29 is 32.3 Å². The van der Waals surface area contributed by atoms with E-state index in [1.807, 2.05) is 0 Å². The number of carbonyl (C=O) groups is 2. The van der Waals surface area contributed by atoms with Crippen molar-refractivity contribution in [2.24, 2.45) is 11.8 Å². The molecule has 0 spiro atoms. The molecule has 138 valence electrons. The maximum Gasteiger partial charge on any atom is 0.393 e. The van der Waals surface area contributed by atoms with Gasteiger partial charge in [-0.05, 0) is 13.0 Å². The van der Waals surface area contributed by atoms with Gasteiger partial charge in [0, 0.05) is 25.2 Å². The van der Waals surface area contributed by atoms with Gasteiger partial charge in [0.2, 0.25) is 5.91 Å². The number of carboxylic acids is 1. The summed E-state index contributed by atoms with van der Waals surface area (Å²) in [4.78, 5) is 24.4. The summed E-state index contributed by atoms with van der Waals surface area (Å²) in [5.41, 5.74) is 0.251. The van der Waals surface area contributed by atoms with E-state index < -0.39 is 48.3 Å². The van der Waals surface area contributed by atoms with Gasteiger partial charge in [-0.25, -0.2) is 4.39 Å². The maximum atomic E-state index is 13.5. The minimum Gasteiger partial charge on any atom is -0.481 e. The van der Waals surface area contributed by atoms with Gasteiger partial charge in [-0.1, -0.05) is 18.2 Å². The van der Waals surface area contributed by atoms with Gasteiger partial charge in [-0.2, -0.15) is 13.2 Å². The molecule has 1 aromatic carbocycles. The number of amides is 1. The van der Waals surface area contributed by atoms with Crippen molar-refractivity contribution in [3.63, 3.8) is 0 Å². The minimum atomic E-state index is -4.65. The topological polar surface area (TPSA) is 69.6 Å². The Labute approximate surface area is 141 Å². The lowest BCUT2D eigenvalue weighted by molar-refractivity contribution is -0.188. The van der Waals surface area contributed by atoms with Crippen LogP contribution in [0.15, 0.2) is 24.3 Å². The minimum absolute atomic E-state index is 0.102. The number of aliphatic carboxylic acids is 1. The highest BCUT2D eigenvalue weighted by Gasteiger charge is 2.53. The summed E-state index contributed by atoms with van der Waals surface area (Å²) in [6.45, 7) is 0.367. The fraction of sp³-hybridized carbons (Fsp3) is 0.500. The number of halogens is 4. The SMILES string of the molecule is CC(C(=O)NCc1ccccc1F)N1C[C@@H](C(F)(F)F)[C@H](C(=O)O)C1. The molecule has 1 fully saturated rings. The number of nitrogens with one attached hydrogen (secondary N) is 1. The average Bonchev–Trinajstić information content (AvgIpc) is 2.99. The quantitative estimate of drug-likeness (QED) is 0.787. The zero-order valence-electron chi connectivity index (χ0n) is 13.4. The van der Waals surface area contributed by atoms with Crippen LogP contribution in [-0.4, -0.2) is 47.2 Å². The first-order chi connectivity index (χ1) is 11.6. The summed E-state index contributed by atoms with van der Waals surface area (Å²) < 4.78 is 52.5. The van der Waals surface area contributed by atoms with Crippen LogP contribution >= 0.6 is 0 Å². The molecule has 1 aromatic rings. The van der Waals surface area contributed by atoms with Crippen molar-refractivity contribution in [3.8, 4) is 0 Å². The Balaban J connectivity index is 2.00. The normalized spacial score (nSPS) is 22.6. The molecule has 2 rings (SSSR count). The first-order valence-electron chi connectivity index (χ1n) is 7.66. The highest BCUT2D eigenvalue weighted by molar-refractivity contribution is 5.81. The number of alkyl halides is 3. The van der Waals surface area contributed by atoms with Crippen LogP contribution in [0.25, 0.3) is 0 Å².